The Morgan fingerprint density at radius 3 is 2.74 bits per heavy atom. The van der Waals surface area contributed by atoms with Crippen LogP contribution >= 0.6 is 0 Å². The zero-order chi connectivity index (χ0) is 13.2. The number of Topliss-reactive ketones (excluding diaryl/α,β-unsaturated/α-hetero) is 1. The molecule has 0 spiro atoms. The van der Waals surface area contributed by atoms with Gasteiger partial charge >= 0.3 is 0 Å². The van der Waals surface area contributed by atoms with Crippen molar-refractivity contribution < 1.29 is 4.79 Å². The van der Waals surface area contributed by atoms with E-state index >= 15 is 0 Å². The van der Waals surface area contributed by atoms with Gasteiger partial charge in [-0.1, -0.05) is 36.4 Å². The lowest BCUT2D eigenvalue weighted by atomic mass is 9.97. The van der Waals surface area contributed by atoms with E-state index in [1.807, 2.05) is 42.6 Å². The number of fused-ring (bicyclic) bond motifs is 1. The lowest BCUT2D eigenvalue weighted by Crippen LogP contribution is -1.92. The average Bonchev–Trinajstić information content (AvgIpc) is 2.47. The fraction of sp³-hybridized carbons (Fsp3) is 0.0588. The van der Waals surface area contributed by atoms with Crippen LogP contribution in [-0.2, 0) is 0 Å². The number of rotatable bonds is 2. The second-order valence-electron chi connectivity index (χ2n) is 4.54. The van der Waals surface area contributed by atoms with Crippen molar-refractivity contribution in [1.29, 1.82) is 0 Å². The minimum absolute atomic E-state index is 0.0835. The third-order valence-corrected chi connectivity index (χ3v) is 3.26. The van der Waals surface area contributed by atoms with Gasteiger partial charge < -0.3 is 0 Å². The van der Waals surface area contributed by atoms with E-state index in [4.69, 9.17) is 0 Å². The van der Waals surface area contributed by atoms with Crippen LogP contribution in [0.2, 0.25) is 0 Å². The monoisotopic (exact) mass is 247 g/mol. The third-order valence-electron chi connectivity index (χ3n) is 3.26. The molecule has 0 saturated heterocycles. The number of hydrogen-bond acceptors (Lipinski definition) is 2. The first kappa shape index (κ1) is 11.6. The van der Waals surface area contributed by atoms with Crippen LogP contribution in [0.4, 0.5) is 0 Å². The molecule has 1 aromatic heterocycles. The maximum Gasteiger partial charge on any atom is 0.159 e. The van der Waals surface area contributed by atoms with Gasteiger partial charge in [0.15, 0.2) is 5.78 Å². The number of hydrogen-bond donors (Lipinski definition) is 0. The highest BCUT2D eigenvalue weighted by Crippen LogP contribution is 2.28. The smallest absolute Gasteiger partial charge is 0.159 e. The fourth-order valence-corrected chi connectivity index (χ4v) is 2.27. The van der Waals surface area contributed by atoms with Crippen molar-refractivity contribution in [3.63, 3.8) is 0 Å². The van der Waals surface area contributed by atoms with Crippen LogP contribution in [0, 0.1) is 0 Å². The standard InChI is InChI=1S/C17H13NO/c1-12(19)14-5-2-6-15(10-14)16-7-3-4-13-8-9-18-11-17(13)16/h2-11H,1H3. The molecule has 3 aromatic rings. The third kappa shape index (κ3) is 2.13. The van der Waals surface area contributed by atoms with Gasteiger partial charge in [0.1, 0.15) is 0 Å². The van der Waals surface area contributed by atoms with Crippen molar-refractivity contribution in [3.8, 4) is 11.1 Å². The van der Waals surface area contributed by atoms with Gasteiger partial charge in [0.05, 0.1) is 0 Å². The average molecular weight is 247 g/mol. The highest BCUT2D eigenvalue weighted by atomic mass is 16.1. The van der Waals surface area contributed by atoms with E-state index in [-0.39, 0.29) is 5.78 Å². The van der Waals surface area contributed by atoms with Gasteiger partial charge in [-0.05, 0) is 35.6 Å². The first-order chi connectivity index (χ1) is 9.25. The first-order valence-corrected chi connectivity index (χ1v) is 6.20. The Labute approximate surface area is 111 Å². The Kier molecular flexibility index (Phi) is 2.84. The molecule has 92 valence electrons. The second kappa shape index (κ2) is 4.65. The molecular formula is C17H13NO. The summed E-state index contributed by atoms with van der Waals surface area (Å²) in [5.41, 5.74) is 2.89. The van der Waals surface area contributed by atoms with E-state index in [1.54, 1.807) is 13.1 Å². The summed E-state index contributed by atoms with van der Waals surface area (Å²) < 4.78 is 0. The van der Waals surface area contributed by atoms with Crippen LogP contribution in [0.3, 0.4) is 0 Å². The first-order valence-electron chi connectivity index (χ1n) is 6.20. The molecule has 0 aliphatic carbocycles. The molecule has 2 heteroatoms. The quantitative estimate of drug-likeness (QED) is 0.638. The molecular weight excluding hydrogens is 234 g/mol. The zero-order valence-corrected chi connectivity index (χ0v) is 10.6. The van der Waals surface area contributed by atoms with Gasteiger partial charge in [-0.3, -0.25) is 9.78 Å². The molecule has 2 aromatic carbocycles. The molecule has 0 bridgehead atoms. The molecule has 0 atom stereocenters. The summed E-state index contributed by atoms with van der Waals surface area (Å²) >= 11 is 0. The molecule has 1 heterocycles. The maximum atomic E-state index is 11.5. The van der Waals surface area contributed by atoms with E-state index in [0.29, 0.717) is 0 Å². The molecule has 2 nitrogen and oxygen atoms in total. The number of nitrogens with zero attached hydrogens (tertiary/aromatic N) is 1. The lowest BCUT2D eigenvalue weighted by Gasteiger charge is -2.07. The molecule has 0 fully saturated rings. The van der Waals surface area contributed by atoms with Gasteiger partial charge in [-0.15, -0.1) is 0 Å². The second-order valence-corrected chi connectivity index (χ2v) is 4.54. The fourth-order valence-electron chi connectivity index (χ4n) is 2.27. The Morgan fingerprint density at radius 2 is 1.89 bits per heavy atom. The molecule has 0 unspecified atom stereocenters. The number of benzene rings is 2. The molecule has 0 amide bonds. The maximum absolute atomic E-state index is 11.5. The Balaban J connectivity index is 2.24. The van der Waals surface area contributed by atoms with Gasteiger partial charge in [-0.2, -0.15) is 0 Å². The van der Waals surface area contributed by atoms with Gasteiger partial charge in [0.25, 0.3) is 0 Å². The lowest BCUT2D eigenvalue weighted by molar-refractivity contribution is 0.101. The minimum atomic E-state index is 0.0835. The van der Waals surface area contributed by atoms with Crippen molar-refractivity contribution in [3.05, 3.63) is 66.5 Å². The summed E-state index contributed by atoms with van der Waals surface area (Å²) in [6.07, 6.45) is 3.66. The summed E-state index contributed by atoms with van der Waals surface area (Å²) in [4.78, 5) is 15.7. The zero-order valence-electron chi connectivity index (χ0n) is 10.6. The summed E-state index contributed by atoms with van der Waals surface area (Å²) in [6, 6.07) is 15.9. The van der Waals surface area contributed by atoms with Crippen LogP contribution in [0.5, 0.6) is 0 Å². The molecule has 0 radical (unpaired) electrons. The highest BCUT2D eigenvalue weighted by Gasteiger charge is 2.06. The molecule has 0 N–H and O–H groups in total. The Bertz CT molecular complexity index is 757. The number of carbonyl (C=O) groups is 1. The Hall–Kier alpha value is -2.48. The minimum Gasteiger partial charge on any atom is -0.295 e. The molecule has 0 aliphatic rings. The molecule has 0 aliphatic heterocycles. The van der Waals surface area contributed by atoms with E-state index in [2.05, 4.69) is 17.1 Å². The van der Waals surface area contributed by atoms with Crippen molar-refractivity contribution in [2.75, 3.05) is 0 Å². The highest BCUT2D eigenvalue weighted by molar-refractivity contribution is 5.99. The summed E-state index contributed by atoms with van der Waals surface area (Å²) in [5, 5.41) is 2.26. The number of aromatic nitrogens is 1. The molecule has 0 saturated carbocycles. The SMILES string of the molecule is CC(=O)c1cccc(-c2cccc3ccncc23)c1. The largest absolute Gasteiger partial charge is 0.295 e. The van der Waals surface area contributed by atoms with E-state index < -0.39 is 0 Å². The van der Waals surface area contributed by atoms with Gasteiger partial charge in [0, 0.05) is 23.3 Å². The van der Waals surface area contributed by atoms with Gasteiger partial charge in [0.2, 0.25) is 0 Å². The van der Waals surface area contributed by atoms with Crippen molar-refractivity contribution in [2.24, 2.45) is 0 Å². The predicted molar refractivity (Wildman–Crippen MR) is 77.2 cm³/mol. The van der Waals surface area contributed by atoms with Crippen LogP contribution in [0.25, 0.3) is 21.9 Å². The van der Waals surface area contributed by atoms with Crippen LogP contribution in [0.1, 0.15) is 17.3 Å². The number of pyridine rings is 1. The predicted octanol–water partition coefficient (Wildman–Crippen LogP) is 4.10. The molecule has 19 heavy (non-hydrogen) atoms. The van der Waals surface area contributed by atoms with Gasteiger partial charge in [-0.25, -0.2) is 0 Å². The number of ketones is 1. The van der Waals surface area contributed by atoms with E-state index in [0.717, 1.165) is 27.5 Å². The summed E-state index contributed by atoms with van der Waals surface area (Å²) in [5.74, 6) is 0.0835. The van der Waals surface area contributed by atoms with Crippen LogP contribution < -0.4 is 0 Å². The summed E-state index contributed by atoms with van der Waals surface area (Å²) in [6.45, 7) is 1.59. The number of carbonyl (C=O) groups excluding carboxylic acids is 1. The van der Waals surface area contributed by atoms with Crippen LogP contribution in [0.15, 0.2) is 60.9 Å². The van der Waals surface area contributed by atoms with E-state index in [9.17, 15) is 4.79 Å². The van der Waals surface area contributed by atoms with Crippen molar-refractivity contribution in [2.45, 2.75) is 6.92 Å². The van der Waals surface area contributed by atoms with E-state index in [1.165, 1.54) is 0 Å². The van der Waals surface area contributed by atoms with Crippen molar-refractivity contribution >= 4 is 16.6 Å². The molecule has 3 rings (SSSR count). The van der Waals surface area contributed by atoms with Crippen molar-refractivity contribution in [1.82, 2.24) is 4.98 Å². The van der Waals surface area contributed by atoms with Crippen LogP contribution in [-0.4, -0.2) is 10.8 Å². The Morgan fingerprint density at radius 1 is 1.05 bits per heavy atom. The normalized spacial score (nSPS) is 10.6. The summed E-state index contributed by atoms with van der Waals surface area (Å²) in [7, 11) is 0. The topological polar surface area (TPSA) is 30.0 Å².